The molecule has 0 aliphatic rings. The van der Waals surface area contributed by atoms with Gasteiger partial charge in [0.1, 0.15) is 0 Å². The summed E-state index contributed by atoms with van der Waals surface area (Å²) in [5.41, 5.74) is 2.36. The largest absolute Gasteiger partial charge is 0.388 e. The molecule has 1 aromatic carbocycles. The van der Waals surface area contributed by atoms with E-state index < -0.39 is 0 Å². The van der Waals surface area contributed by atoms with Gasteiger partial charge in [-0.15, -0.1) is 0 Å². The maximum Gasteiger partial charge on any atom is 0.0818 e. The van der Waals surface area contributed by atoms with E-state index in [0.717, 1.165) is 5.56 Å². The first-order chi connectivity index (χ1) is 7.43. The Balaban J connectivity index is 2.81. The molecule has 1 nitrogen and oxygen atoms in total. The number of rotatable bonds is 4. The Kier molecular flexibility index (Phi) is 4.55. The van der Waals surface area contributed by atoms with Gasteiger partial charge in [-0.05, 0) is 28.9 Å². The molecule has 0 aromatic heterocycles. The van der Waals surface area contributed by atoms with Gasteiger partial charge in [-0.2, -0.15) is 0 Å². The molecule has 1 N–H and O–H groups in total. The molecule has 0 saturated carbocycles. The van der Waals surface area contributed by atoms with Crippen LogP contribution >= 0.6 is 0 Å². The zero-order chi connectivity index (χ0) is 12.3. The van der Waals surface area contributed by atoms with Crippen LogP contribution in [0.2, 0.25) is 0 Å². The molecule has 0 bridgehead atoms. The Morgan fingerprint density at radius 3 is 1.62 bits per heavy atom. The third-order valence-corrected chi connectivity index (χ3v) is 3.49. The summed E-state index contributed by atoms with van der Waals surface area (Å²) in [5, 5.41) is 10.2. The van der Waals surface area contributed by atoms with Gasteiger partial charge < -0.3 is 5.11 Å². The van der Waals surface area contributed by atoms with E-state index in [4.69, 9.17) is 0 Å². The predicted octanol–water partition coefficient (Wildman–Crippen LogP) is 4.14. The lowest BCUT2D eigenvalue weighted by atomic mass is 9.87. The SMILES string of the molecule is CC(C)c1ccc(C(O)C(C)C(C)C)cc1. The van der Waals surface area contributed by atoms with Gasteiger partial charge in [0.2, 0.25) is 0 Å². The molecule has 16 heavy (non-hydrogen) atoms. The van der Waals surface area contributed by atoms with Crippen LogP contribution in [-0.2, 0) is 0 Å². The van der Waals surface area contributed by atoms with Crippen LogP contribution in [0.5, 0.6) is 0 Å². The molecule has 1 aromatic rings. The second-order valence-corrected chi connectivity index (χ2v) is 5.37. The lowest BCUT2D eigenvalue weighted by Crippen LogP contribution is -2.14. The smallest absolute Gasteiger partial charge is 0.0818 e. The highest BCUT2D eigenvalue weighted by atomic mass is 16.3. The number of hydrogen-bond donors (Lipinski definition) is 1. The highest BCUT2D eigenvalue weighted by molar-refractivity contribution is 5.26. The number of benzene rings is 1. The van der Waals surface area contributed by atoms with E-state index in [1.807, 2.05) is 0 Å². The summed E-state index contributed by atoms with van der Waals surface area (Å²) >= 11 is 0. The summed E-state index contributed by atoms with van der Waals surface area (Å²) in [4.78, 5) is 0. The Bertz CT molecular complexity index is 311. The fourth-order valence-electron chi connectivity index (χ4n) is 1.75. The topological polar surface area (TPSA) is 20.2 Å². The summed E-state index contributed by atoms with van der Waals surface area (Å²) in [6, 6.07) is 8.35. The first kappa shape index (κ1) is 13.2. The molecule has 0 saturated heterocycles. The van der Waals surface area contributed by atoms with E-state index in [0.29, 0.717) is 17.8 Å². The molecule has 90 valence electrons. The van der Waals surface area contributed by atoms with Crippen molar-refractivity contribution in [3.63, 3.8) is 0 Å². The Hall–Kier alpha value is -0.820. The van der Waals surface area contributed by atoms with Crippen molar-refractivity contribution in [2.75, 3.05) is 0 Å². The normalized spacial score (nSPS) is 15.5. The summed E-state index contributed by atoms with van der Waals surface area (Å²) in [6.45, 7) is 10.8. The van der Waals surface area contributed by atoms with Gasteiger partial charge in [-0.25, -0.2) is 0 Å². The maximum atomic E-state index is 10.2. The fraction of sp³-hybridized carbons (Fsp3) is 0.600. The van der Waals surface area contributed by atoms with Gasteiger partial charge in [0.05, 0.1) is 6.10 Å². The highest BCUT2D eigenvalue weighted by Crippen LogP contribution is 2.28. The van der Waals surface area contributed by atoms with Gasteiger partial charge in [0, 0.05) is 0 Å². The molecular weight excluding hydrogens is 196 g/mol. The van der Waals surface area contributed by atoms with Gasteiger partial charge in [-0.1, -0.05) is 58.9 Å². The average molecular weight is 220 g/mol. The van der Waals surface area contributed by atoms with Crippen molar-refractivity contribution in [1.29, 1.82) is 0 Å². The standard InChI is InChI=1S/C15H24O/c1-10(2)12(5)15(16)14-8-6-13(7-9-14)11(3)4/h6-12,15-16H,1-5H3. The van der Waals surface area contributed by atoms with Crippen molar-refractivity contribution >= 4 is 0 Å². The van der Waals surface area contributed by atoms with Gasteiger partial charge in [-0.3, -0.25) is 0 Å². The van der Waals surface area contributed by atoms with Crippen molar-refractivity contribution in [2.24, 2.45) is 11.8 Å². The van der Waals surface area contributed by atoms with Gasteiger partial charge >= 0.3 is 0 Å². The summed E-state index contributed by atoms with van der Waals surface area (Å²) in [7, 11) is 0. The van der Waals surface area contributed by atoms with Crippen LogP contribution < -0.4 is 0 Å². The van der Waals surface area contributed by atoms with Crippen LogP contribution in [0.3, 0.4) is 0 Å². The van der Waals surface area contributed by atoms with Gasteiger partial charge in [0.15, 0.2) is 0 Å². The minimum absolute atomic E-state index is 0.296. The predicted molar refractivity (Wildman–Crippen MR) is 69.5 cm³/mol. The second-order valence-electron chi connectivity index (χ2n) is 5.37. The van der Waals surface area contributed by atoms with Crippen LogP contribution in [0.1, 0.15) is 57.8 Å². The quantitative estimate of drug-likeness (QED) is 0.808. The Labute approximate surface area is 99.5 Å². The zero-order valence-electron chi connectivity index (χ0n) is 11.1. The maximum absolute atomic E-state index is 10.2. The van der Waals surface area contributed by atoms with Crippen molar-refractivity contribution in [3.8, 4) is 0 Å². The minimum atomic E-state index is -0.346. The molecule has 0 spiro atoms. The molecule has 0 radical (unpaired) electrons. The fourth-order valence-corrected chi connectivity index (χ4v) is 1.75. The van der Waals surface area contributed by atoms with Crippen LogP contribution in [0.25, 0.3) is 0 Å². The molecule has 1 heteroatoms. The summed E-state index contributed by atoms with van der Waals surface area (Å²) in [5.74, 6) is 1.35. The lowest BCUT2D eigenvalue weighted by Gasteiger charge is -2.23. The molecule has 0 aliphatic heterocycles. The Morgan fingerprint density at radius 1 is 0.812 bits per heavy atom. The van der Waals surface area contributed by atoms with E-state index in [1.165, 1.54) is 5.56 Å². The molecule has 0 amide bonds. The Morgan fingerprint density at radius 2 is 1.25 bits per heavy atom. The first-order valence-electron chi connectivity index (χ1n) is 6.21. The molecule has 0 aliphatic carbocycles. The van der Waals surface area contributed by atoms with E-state index in [2.05, 4.69) is 58.9 Å². The van der Waals surface area contributed by atoms with E-state index in [-0.39, 0.29) is 6.10 Å². The average Bonchev–Trinajstić information content (AvgIpc) is 2.27. The zero-order valence-corrected chi connectivity index (χ0v) is 11.1. The van der Waals surface area contributed by atoms with Crippen molar-refractivity contribution in [3.05, 3.63) is 35.4 Å². The highest BCUT2D eigenvalue weighted by Gasteiger charge is 2.19. The van der Waals surface area contributed by atoms with E-state index >= 15 is 0 Å². The number of hydrogen-bond acceptors (Lipinski definition) is 1. The van der Waals surface area contributed by atoms with Crippen molar-refractivity contribution in [2.45, 2.75) is 46.6 Å². The number of aliphatic hydroxyl groups is 1. The third-order valence-electron chi connectivity index (χ3n) is 3.49. The second kappa shape index (κ2) is 5.49. The molecule has 1 rings (SSSR count). The molecule has 2 atom stereocenters. The van der Waals surface area contributed by atoms with Crippen LogP contribution in [0.4, 0.5) is 0 Å². The van der Waals surface area contributed by atoms with E-state index in [1.54, 1.807) is 0 Å². The lowest BCUT2D eigenvalue weighted by molar-refractivity contribution is 0.0921. The summed E-state index contributed by atoms with van der Waals surface area (Å²) in [6.07, 6.45) is -0.346. The van der Waals surface area contributed by atoms with E-state index in [9.17, 15) is 5.11 Å². The van der Waals surface area contributed by atoms with Crippen LogP contribution in [0, 0.1) is 11.8 Å². The molecule has 0 heterocycles. The van der Waals surface area contributed by atoms with Crippen molar-refractivity contribution < 1.29 is 5.11 Å². The molecular formula is C15H24O. The van der Waals surface area contributed by atoms with Gasteiger partial charge in [0.25, 0.3) is 0 Å². The third kappa shape index (κ3) is 3.08. The minimum Gasteiger partial charge on any atom is -0.388 e. The van der Waals surface area contributed by atoms with Crippen LogP contribution in [0.15, 0.2) is 24.3 Å². The van der Waals surface area contributed by atoms with Crippen LogP contribution in [-0.4, -0.2) is 5.11 Å². The number of aliphatic hydroxyl groups excluding tert-OH is 1. The molecule has 2 unspecified atom stereocenters. The first-order valence-corrected chi connectivity index (χ1v) is 6.21. The van der Waals surface area contributed by atoms with Crippen molar-refractivity contribution in [1.82, 2.24) is 0 Å². The molecule has 0 fully saturated rings. The monoisotopic (exact) mass is 220 g/mol. The summed E-state index contributed by atoms with van der Waals surface area (Å²) < 4.78 is 0.